The van der Waals surface area contributed by atoms with E-state index in [1.807, 2.05) is 0 Å². The molecule has 0 saturated heterocycles. The highest BCUT2D eigenvalue weighted by molar-refractivity contribution is 8.23. The third-order valence-corrected chi connectivity index (χ3v) is 6.13. The predicted molar refractivity (Wildman–Crippen MR) is 134 cm³/mol. The summed E-state index contributed by atoms with van der Waals surface area (Å²) in [6, 6.07) is 4.80. The van der Waals surface area contributed by atoms with E-state index in [4.69, 9.17) is 34.6 Å². The molecular weight excluding hydrogens is 496 g/mol. The number of carboxylic acids is 2. The van der Waals surface area contributed by atoms with Crippen molar-refractivity contribution in [3.63, 3.8) is 0 Å². The Labute approximate surface area is 203 Å². The second kappa shape index (κ2) is 13.9. The van der Waals surface area contributed by atoms with Crippen molar-refractivity contribution in [3.8, 4) is 0 Å². The maximum absolute atomic E-state index is 11.1. The number of thiocarbonyl (C=S) groups is 2. The van der Waals surface area contributed by atoms with Crippen LogP contribution in [0.4, 0.5) is 11.4 Å². The molecule has 0 heterocycles. The molecule has 0 aliphatic carbocycles. The Morgan fingerprint density at radius 1 is 0.781 bits per heavy atom. The van der Waals surface area contributed by atoms with Gasteiger partial charge in [0.05, 0.1) is 0 Å². The van der Waals surface area contributed by atoms with Gasteiger partial charge in [0.15, 0.2) is 0 Å². The molecule has 0 aliphatic heterocycles. The number of hydrogen-bond acceptors (Lipinski definition) is 8. The Kier molecular flexibility index (Phi) is 12.0. The van der Waals surface area contributed by atoms with E-state index in [0.717, 1.165) is 23.5 Å². The van der Waals surface area contributed by atoms with E-state index in [9.17, 15) is 19.2 Å². The van der Waals surface area contributed by atoms with Crippen LogP contribution < -0.4 is 21.3 Å². The zero-order valence-electron chi connectivity index (χ0n) is 17.0. The first-order valence-corrected chi connectivity index (χ1v) is 11.7. The SMILES string of the molecule is CC(=O)N[C@@H](CSC(=S)Nc1ccc(NC(=S)SC[C@H](NC(C)=O)C(=O)O)cc1)C(=O)O. The number of benzene rings is 1. The number of amides is 2. The van der Waals surface area contributed by atoms with E-state index < -0.39 is 35.8 Å². The smallest absolute Gasteiger partial charge is 0.327 e. The molecule has 0 unspecified atom stereocenters. The summed E-state index contributed by atoms with van der Waals surface area (Å²) in [4.78, 5) is 44.4. The predicted octanol–water partition coefficient (Wildman–Crippen LogP) is 1.73. The summed E-state index contributed by atoms with van der Waals surface area (Å²) in [5, 5.41) is 28.8. The number of thioether (sulfide) groups is 2. The monoisotopic (exact) mass is 518 g/mol. The van der Waals surface area contributed by atoms with Gasteiger partial charge in [-0.1, -0.05) is 48.0 Å². The number of rotatable bonds is 10. The van der Waals surface area contributed by atoms with Gasteiger partial charge in [-0.25, -0.2) is 9.59 Å². The summed E-state index contributed by atoms with van der Waals surface area (Å²) in [5.41, 5.74) is 1.32. The van der Waals surface area contributed by atoms with Crippen molar-refractivity contribution in [1.29, 1.82) is 0 Å². The van der Waals surface area contributed by atoms with E-state index in [1.165, 1.54) is 13.8 Å². The number of carboxylic acid groups (broad SMARTS) is 2. The minimum Gasteiger partial charge on any atom is -0.480 e. The van der Waals surface area contributed by atoms with Crippen LogP contribution in [0.1, 0.15) is 13.8 Å². The first-order chi connectivity index (χ1) is 15.0. The van der Waals surface area contributed by atoms with Crippen LogP contribution in [-0.2, 0) is 19.2 Å². The molecule has 0 radical (unpaired) electrons. The number of carbonyl (C=O) groups excluding carboxylic acids is 2. The van der Waals surface area contributed by atoms with Gasteiger partial charge < -0.3 is 31.5 Å². The molecule has 1 aromatic carbocycles. The third-order valence-electron chi connectivity index (χ3n) is 3.49. The maximum Gasteiger partial charge on any atom is 0.327 e. The Morgan fingerprint density at radius 2 is 1.09 bits per heavy atom. The highest BCUT2D eigenvalue weighted by atomic mass is 32.2. The lowest BCUT2D eigenvalue weighted by Crippen LogP contribution is -2.41. The molecule has 174 valence electrons. The van der Waals surface area contributed by atoms with Crippen molar-refractivity contribution < 1.29 is 29.4 Å². The zero-order valence-corrected chi connectivity index (χ0v) is 20.3. The fourth-order valence-corrected chi connectivity index (χ4v) is 4.21. The highest BCUT2D eigenvalue weighted by Crippen LogP contribution is 2.18. The lowest BCUT2D eigenvalue weighted by atomic mass is 10.3. The quantitative estimate of drug-likeness (QED) is 0.250. The van der Waals surface area contributed by atoms with Crippen LogP contribution in [0.2, 0.25) is 0 Å². The average Bonchev–Trinajstić information content (AvgIpc) is 2.69. The molecule has 32 heavy (non-hydrogen) atoms. The van der Waals surface area contributed by atoms with E-state index in [-0.39, 0.29) is 11.5 Å². The molecular formula is C18H22N4O6S4. The van der Waals surface area contributed by atoms with Crippen molar-refractivity contribution in [3.05, 3.63) is 24.3 Å². The Balaban J connectivity index is 2.51. The van der Waals surface area contributed by atoms with Crippen LogP contribution in [0.25, 0.3) is 0 Å². The summed E-state index contributed by atoms with van der Waals surface area (Å²) in [5.74, 6) is -3.03. The molecule has 1 aromatic rings. The summed E-state index contributed by atoms with van der Waals surface area (Å²) in [6.45, 7) is 2.48. The zero-order chi connectivity index (χ0) is 24.3. The first-order valence-electron chi connectivity index (χ1n) is 8.95. The lowest BCUT2D eigenvalue weighted by Gasteiger charge is -2.15. The molecule has 0 spiro atoms. The van der Waals surface area contributed by atoms with Crippen LogP contribution in [-0.4, -0.2) is 66.2 Å². The van der Waals surface area contributed by atoms with Crippen molar-refractivity contribution >= 4 is 91.7 Å². The molecule has 0 saturated carbocycles. The van der Waals surface area contributed by atoms with Crippen molar-refractivity contribution in [1.82, 2.24) is 10.6 Å². The van der Waals surface area contributed by atoms with Gasteiger partial charge in [0, 0.05) is 36.7 Å². The molecule has 14 heteroatoms. The van der Waals surface area contributed by atoms with Gasteiger partial charge in [0.2, 0.25) is 11.8 Å². The van der Waals surface area contributed by atoms with Gasteiger partial charge >= 0.3 is 11.9 Å². The number of anilines is 2. The molecule has 2 atom stereocenters. The summed E-state index contributed by atoms with van der Waals surface area (Å²) in [6.07, 6.45) is 0. The highest BCUT2D eigenvalue weighted by Gasteiger charge is 2.20. The van der Waals surface area contributed by atoms with Crippen LogP contribution in [0.15, 0.2) is 24.3 Å². The van der Waals surface area contributed by atoms with Gasteiger partial charge in [-0.15, -0.1) is 0 Å². The number of aliphatic carboxylic acids is 2. The Bertz CT molecular complexity index is 810. The molecule has 2 amide bonds. The number of carbonyl (C=O) groups is 4. The van der Waals surface area contributed by atoms with Gasteiger partial charge in [0.1, 0.15) is 20.7 Å². The molecule has 0 aromatic heterocycles. The van der Waals surface area contributed by atoms with Gasteiger partial charge in [-0.05, 0) is 24.3 Å². The van der Waals surface area contributed by atoms with E-state index in [0.29, 0.717) is 20.0 Å². The van der Waals surface area contributed by atoms with E-state index in [1.54, 1.807) is 24.3 Å². The van der Waals surface area contributed by atoms with Crippen molar-refractivity contribution in [2.24, 2.45) is 0 Å². The largest absolute Gasteiger partial charge is 0.480 e. The Hall–Kier alpha value is -2.42. The van der Waals surface area contributed by atoms with Gasteiger partial charge in [-0.2, -0.15) is 0 Å². The Morgan fingerprint density at radius 3 is 1.34 bits per heavy atom. The normalized spacial score (nSPS) is 12.1. The lowest BCUT2D eigenvalue weighted by molar-refractivity contribution is -0.141. The molecule has 6 N–H and O–H groups in total. The van der Waals surface area contributed by atoms with Gasteiger partial charge in [0.25, 0.3) is 0 Å². The number of hydrogen-bond donors (Lipinski definition) is 6. The fraction of sp³-hybridized carbons (Fsp3) is 0.333. The summed E-state index contributed by atoms with van der Waals surface area (Å²) in [7, 11) is 0. The average molecular weight is 519 g/mol. The summed E-state index contributed by atoms with van der Waals surface area (Å²) < 4.78 is 0.678. The van der Waals surface area contributed by atoms with Gasteiger partial charge in [-0.3, -0.25) is 9.59 Å². The molecule has 1 rings (SSSR count). The van der Waals surface area contributed by atoms with E-state index >= 15 is 0 Å². The molecule has 0 fully saturated rings. The van der Waals surface area contributed by atoms with Crippen molar-refractivity contribution in [2.45, 2.75) is 25.9 Å². The third kappa shape index (κ3) is 11.3. The molecule has 10 nitrogen and oxygen atoms in total. The minimum absolute atomic E-state index is 0.0711. The second-order valence-electron chi connectivity index (χ2n) is 6.21. The van der Waals surface area contributed by atoms with E-state index in [2.05, 4.69) is 21.3 Å². The van der Waals surface area contributed by atoms with Crippen LogP contribution >= 0.6 is 48.0 Å². The minimum atomic E-state index is -1.15. The fourth-order valence-electron chi connectivity index (χ4n) is 2.10. The van der Waals surface area contributed by atoms with Crippen LogP contribution in [0.5, 0.6) is 0 Å². The summed E-state index contributed by atoms with van der Waals surface area (Å²) >= 11 is 12.6. The molecule has 0 aliphatic rings. The van der Waals surface area contributed by atoms with Crippen LogP contribution in [0, 0.1) is 0 Å². The first kappa shape index (κ1) is 27.6. The van der Waals surface area contributed by atoms with Crippen molar-refractivity contribution in [2.75, 3.05) is 22.1 Å². The topological polar surface area (TPSA) is 157 Å². The maximum atomic E-state index is 11.1. The standard InChI is InChI=1S/C18H22N4O6S4/c1-9(23)19-13(15(25)26)7-31-17(29)21-11-3-5-12(6-4-11)22-18(30)32-8-14(16(27)28)20-10(2)24/h3-6,13-14H,7-8H2,1-2H3,(H,19,23)(H,20,24)(H,21,29)(H,22,30)(H,25,26)(H,27,28)/t13-,14-/m0/s1. The molecule has 0 bridgehead atoms. The van der Waals surface area contributed by atoms with Crippen LogP contribution in [0.3, 0.4) is 0 Å². The second-order valence-corrected chi connectivity index (χ2v) is 9.60. The number of nitrogens with one attached hydrogen (secondary N) is 4.